The largest absolute Gasteiger partial charge is 0.435 e. The molecule has 0 unspecified atom stereocenters. The van der Waals surface area contributed by atoms with Crippen LogP contribution in [0.2, 0.25) is 0 Å². The molecule has 1 heterocycles. The topological polar surface area (TPSA) is 71.0 Å². The lowest BCUT2D eigenvalue weighted by atomic mass is 9.87. The fraction of sp³-hybridized carbons (Fsp3) is 0.250. The maximum atomic E-state index is 13.7. The fourth-order valence-electron chi connectivity index (χ4n) is 4.69. The third kappa shape index (κ3) is 5.83. The molecule has 9 heteroatoms. The Balaban J connectivity index is 1.43. The fourth-order valence-corrected chi connectivity index (χ4v) is 5.88. The third-order valence-electron chi connectivity index (χ3n) is 6.33. The first-order chi connectivity index (χ1) is 18.0. The molecule has 2 aliphatic rings. The summed E-state index contributed by atoms with van der Waals surface area (Å²) in [5.74, 6) is -0.385. The summed E-state index contributed by atoms with van der Waals surface area (Å²) in [6.45, 7) is -2.91. The molecule has 0 aromatic heterocycles. The Morgan fingerprint density at radius 1 is 1.05 bits per heavy atom. The predicted molar refractivity (Wildman–Crippen MR) is 140 cm³/mol. The number of hydrogen-bond acceptors (Lipinski definition) is 5. The highest BCUT2D eigenvalue weighted by Crippen LogP contribution is 2.42. The standard InChI is InChI=1S/C28H25F2N3O3S/c29-27(30)36-21-15-13-20(14-16-21)32-28-33(23-12-6-8-18-7-4-5-11-22(18)23)26(35)24(37-28)17-25(34)31-19-9-2-1-3-10-19/h1-5,7,9-11,13-16,23-24,27H,6,8,12,17H2,(H,31,34)/t23-,24+/m0/s1. The van der Waals surface area contributed by atoms with Crippen LogP contribution in [0.3, 0.4) is 0 Å². The average Bonchev–Trinajstić information content (AvgIpc) is 3.19. The van der Waals surface area contributed by atoms with Crippen molar-refractivity contribution in [1.29, 1.82) is 0 Å². The van der Waals surface area contributed by atoms with Gasteiger partial charge in [0.25, 0.3) is 0 Å². The van der Waals surface area contributed by atoms with Gasteiger partial charge in [-0.3, -0.25) is 14.5 Å². The second kappa shape index (κ2) is 11.1. The van der Waals surface area contributed by atoms with Crippen molar-refractivity contribution in [3.05, 3.63) is 90.0 Å². The van der Waals surface area contributed by atoms with Gasteiger partial charge in [0.1, 0.15) is 11.0 Å². The lowest BCUT2D eigenvalue weighted by molar-refractivity contribution is -0.129. The van der Waals surface area contributed by atoms with E-state index in [-0.39, 0.29) is 30.0 Å². The molecule has 3 aromatic carbocycles. The van der Waals surface area contributed by atoms with Gasteiger partial charge in [0.15, 0.2) is 5.17 Å². The Bertz CT molecular complexity index is 1300. The van der Waals surface area contributed by atoms with Crippen molar-refractivity contribution in [3.8, 4) is 5.75 Å². The van der Waals surface area contributed by atoms with Crippen LogP contribution < -0.4 is 10.1 Å². The Morgan fingerprint density at radius 3 is 2.54 bits per heavy atom. The van der Waals surface area contributed by atoms with E-state index in [9.17, 15) is 18.4 Å². The average molecular weight is 522 g/mol. The van der Waals surface area contributed by atoms with Gasteiger partial charge in [-0.25, -0.2) is 4.99 Å². The van der Waals surface area contributed by atoms with Crippen molar-refractivity contribution >= 4 is 40.1 Å². The summed E-state index contributed by atoms with van der Waals surface area (Å²) in [4.78, 5) is 32.9. The maximum Gasteiger partial charge on any atom is 0.387 e. The number of ether oxygens (including phenoxy) is 1. The molecule has 1 fully saturated rings. The molecular formula is C28H25F2N3O3S. The Kier molecular flexibility index (Phi) is 7.50. The third-order valence-corrected chi connectivity index (χ3v) is 7.48. The summed E-state index contributed by atoms with van der Waals surface area (Å²) < 4.78 is 29.5. The molecule has 1 N–H and O–H groups in total. The summed E-state index contributed by atoms with van der Waals surface area (Å²) >= 11 is 1.26. The van der Waals surface area contributed by atoms with Gasteiger partial charge in [-0.2, -0.15) is 8.78 Å². The number of nitrogens with one attached hydrogen (secondary N) is 1. The van der Waals surface area contributed by atoms with E-state index in [2.05, 4.69) is 16.1 Å². The van der Waals surface area contributed by atoms with E-state index in [1.807, 2.05) is 36.4 Å². The lowest BCUT2D eigenvalue weighted by Crippen LogP contribution is -2.38. The Morgan fingerprint density at radius 2 is 1.78 bits per heavy atom. The molecule has 1 aliphatic heterocycles. The number of thioether (sulfide) groups is 1. The minimum absolute atomic E-state index is 0.00342. The van der Waals surface area contributed by atoms with Crippen molar-refractivity contribution in [2.45, 2.75) is 43.6 Å². The normalized spacial score (nSPS) is 20.2. The molecule has 5 rings (SSSR count). The van der Waals surface area contributed by atoms with E-state index in [1.165, 1.54) is 29.5 Å². The quantitative estimate of drug-likeness (QED) is 0.395. The molecule has 2 atom stereocenters. The van der Waals surface area contributed by atoms with Crippen molar-refractivity contribution < 1.29 is 23.1 Å². The molecule has 3 aromatic rings. The monoisotopic (exact) mass is 521 g/mol. The number of carbonyl (C=O) groups is 2. The summed E-state index contributed by atoms with van der Waals surface area (Å²) in [6, 6.07) is 23.0. The number of nitrogens with zero attached hydrogens (tertiary/aromatic N) is 2. The number of aliphatic imine (C=N–C) groups is 1. The number of halogens is 2. The number of aryl methyl sites for hydroxylation is 1. The molecule has 0 bridgehead atoms. The highest BCUT2D eigenvalue weighted by atomic mass is 32.2. The molecule has 0 spiro atoms. The smallest absolute Gasteiger partial charge is 0.387 e. The van der Waals surface area contributed by atoms with E-state index in [0.29, 0.717) is 16.5 Å². The molecule has 190 valence electrons. The minimum atomic E-state index is -2.91. The highest BCUT2D eigenvalue weighted by Gasteiger charge is 2.44. The summed E-state index contributed by atoms with van der Waals surface area (Å²) in [5.41, 5.74) is 3.46. The molecule has 2 amide bonds. The number of rotatable bonds is 7. The number of fused-ring (bicyclic) bond motifs is 1. The van der Waals surface area contributed by atoms with Gasteiger partial charge >= 0.3 is 6.61 Å². The number of para-hydroxylation sites is 1. The minimum Gasteiger partial charge on any atom is -0.435 e. The van der Waals surface area contributed by atoms with Crippen molar-refractivity contribution in [2.75, 3.05) is 5.32 Å². The van der Waals surface area contributed by atoms with Crippen molar-refractivity contribution in [3.63, 3.8) is 0 Å². The predicted octanol–water partition coefficient (Wildman–Crippen LogP) is 6.33. The van der Waals surface area contributed by atoms with Crippen LogP contribution in [-0.2, 0) is 16.0 Å². The number of amidine groups is 1. The number of amides is 2. The molecular weight excluding hydrogens is 496 g/mol. The van der Waals surface area contributed by atoms with Gasteiger partial charge in [0.2, 0.25) is 11.8 Å². The summed E-state index contributed by atoms with van der Waals surface area (Å²) in [6.07, 6.45) is 2.67. The number of hydrogen-bond donors (Lipinski definition) is 1. The Labute approximate surface area is 217 Å². The van der Waals surface area contributed by atoms with Crippen LogP contribution in [0.15, 0.2) is 83.9 Å². The van der Waals surface area contributed by atoms with Crippen LogP contribution in [0.25, 0.3) is 0 Å². The Hall–Kier alpha value is -3.72. The van der Waals surface area contributed by atoms with E-state index in [1.54, 1.807) is 29.2 Å². The van der Waals surface area contributed by atoms with Crippen LogP contribution in [0, 0.1) is 0 Å². The van der Waals surface area contributed by atoms with E-state index in [0.717, 1.165) is 24.8 Å². The van der Waals surface area contributed by atoms with Gasteiger partial charge in [0.05, 0.1) is 11.7 Å². The van der Waals surface area contributed by atoms with Gasteiger partial charge < -0.3 is 10.1 Å². The second-order valence-corrected chi connectivity index (χ2v) is 9.98. The number of anilines is 1. The van der Waals surface area contributed by atoms with Gasteiger partial charge in [-0.1, -0.05) is 54.2 Å². The van der Waals surface area contributed by atoms with E-state index in [4.69, 9.17) is 4.99 Å². The molecule has 37 heavy (non-hydrogen) atoms. The lowest BCUT2D eigenvalue weighted by Gasteiger charge is -2.33. The van der Waals surface area contributed by atoms with E-state index >= 15 is 0 Å². The number of carbonyl (C=O) groups excluding carboxylic acids is 2. The zero-order valence-electron chi connectivity index (χ0n) is 19.8. The van der Waals surface area contributed by atoms with E-state index < -0.39 is 11.9 Å². The van der Waals surface area contributed by atoms with Crippen LogP contribution >= 0.6 is 11.8 Å². The summed E-state index contributed by atoms with van der Waals surface area (Å²) in [5, 5.41) is 2.71. The first-order valence-corrected chi connectivity index (χ1v) is 12.9. The number of alkyl halides is 2. The summed E-state index contributed by atoms with van der Waals surface area (Å²) in [7, 11) is 0. The molecule has 6 nitrogen and oxygen atoms in total. The second-order valence-electron chi connectivity index (χ2n) is 8.81. The number of benzene rings is 3. The first-order valence-electron chi connectivity index (χ1n) is 12.0. The van der Waals surface area contributed by atoms with Crippen molar-refractivity contribution in [1.82, 2.24) is 4.90 Å². The zero-order chi connectivity index (χ0) is 25.8. The van der Waals surface area contributed by atoms with Crippen molar-refractivity contribution in [2.24, 2.45) is 4.99 Å². The SMILES string of the molecule is O=C(C[C@H]1SC(=Nc2ccc(OC(F)F)cc2)N([C@H]2CCCc3ccccc32)C1=O)Nc1ccccc1. The first kappa shape index (κ1) is 25.0. The molecule has 1 saturated heterocycles. The zero-order valence-corrected chi connectivity index (χ0v) is 20.7. The van der Waals surface area contributed by atoms with Gasteiger partial charge in [0, 0.05) is 12.1 Å². The highest BCUT2D eigenvalue weighted by molar-refractivity contribution is 8.15. The van der Waals surface area contributed by atoms with Crippen LogP contribution in [-0.4, -0.2) is 33.7 Å². The van der Waals surface area contributed by atoms with Crippen LogP contribution in [0.5, 0.6) is 5.75 Å². The van der Waals surface area contributed by atoms with Gasteiger partial charge in [-0.15, -0.1) is 0 Å². The van der Waals surface area contributed by atoms with Crippen LogP contribution in [0.1, 0.15) is 36.4 Å². The molecule has 1 aliphatic carbocycles. The molecule has 0 saturated carbocycles. The molecule has 0 radical (unpaired) electrons. The maximum absolute atomic E-state index is 13.7. The van der Waals surface area contributed by atoms with Crippen LogP contribution in [0.4, 0.5) is 20.2 Å². The van der Waals surface area contributed by atoms with Gasteiger partial charge in [-0.05, 0) is 66.8 Å².